The number of benzene rings is 2. The number of hydrogen-bond donors (Lipinski definition) is 2. The van der Waals surface area contributed by atoms with Crippen molar-refractivity contribution in [2.45, 2.75) is 24.8 Å². The number of rotatable bonds is 2. The predicted octanol–water partition coefficient (Wildman–Crippen LogP) is 5.99. The van der Waals surface area contributed by atoms with Crippen LogP contribution in [-0.2, 0) is 4.79 Å². The number of anilines is 1. The smallest absolute Gasteiger partial charge is 0.209 e. The third kappa shape index (κ3) is 2.50. The van der Waals surface area contributed by atoms with Crippen LogP contribution in [0.4, 0.5) is 5.95 Å². The Kier molecular flexibility index (Phi) is 3.75. The molecule has 7 rings (SSSR count). The molecule has 0 bridgehead atoms. The number of Topliss-reactive ketones (excluding diaryl/α,β-unsaturated/α-hetero) is 1. The van der Waals surface area contributed by atoms with Gasteiger partial charge in [0.25, 0.3) is 0 Å². The highest BCUT2D eigenvalue weighted by Gasteiger charge is 2.40. The molecule has 0 saturated carbocycles. The van der Waals surface area contributed by atoms with Crippen molar-refractivity contribution in [2.75, 3.05) is 5.32 Å². The lowest BCUT2D eigenvalue weighted by Gasteiger charge is -2.36. The molecular formula is C26H20N4OS. The molecule has 0 fully saturated rings. The van der Waals surface area contributed by atoms with E-state index in [1.807, 2.05) is 24.3 Å². The number of thiophene rings is 1. The van der Waals surface area contributed by atoms with Crippen LogP contribution in [0.1, 0.15) is 35.2 Å². The molecule has 156 valence electrons. The Morgan fingerprint density at radius 3 is 2.78 bits per heavy atom. The van der Waals surface area contributed by atoms with Gasteiger partial charge in [-0.3, -0.25) is 9.36 Å². The fraction of sp³-hybridized carbons (Fsp3) is 0.154. The van der Waals surface area contributed by atoms with E-state index in [2.05, 4.69) is 62.8 Å². The molecule has 2 N–H and O–H groups in total. The van der Waals surface area contributed by atoms with Crippen LogP contribution in [0.25, 0.3) is 21.9 Å². The maximum Gasteiger partial charge on any atom is 0.209 e. The van der Waals surface area contributed by atoms with E-state index in [4.69, 9.17) is 4.98 Å². The summed E-state index contributed by atoms with van der Waals surface area (Å²) in [5, 5.41) is 6.79. The lowest BCUT2D eigenvalue weighted by Crippen LogP contribution is -2.32. The minimum absolute atomic E-state index is 0.207. The van der Waals surface area contributed by atoms with Gasteiger partial charge < -0.3 is 10.3 Å². The van der Waals surface area contributed by atoms with Crippen molar-refractivity contribution in [3.05, 3.63) is 94.0 Å². The van der Waals surface area contributed by atoms with Gasteiger partial charge >= 0.3 is 0 Å². The Balaban J connectivity index is 1.48. The molecule has 4 heterocycles. The number of carbonyl (C=O) groups excluding carboxylic acids is 1. The molecule has 5 aromatic rings. The van der Waals surface area contributed by atoms with Crippen LogP contribution in [0.3, 0.4) is 0 Å². The quantitative estimate of drug-likeness (QED) is 0.357. The van der Waals surface area contributed by atoms with Crippen LogP contribution in [0.2, 0.25) is 0 Å². The van der Waals surface area contributed by atoms with Gasteiger partial charge in [-0.25, -0.2) is 4.98 Å². The average molecular weight is 437 g/mol. The van der Waals surface area contributed by atoms with E-state index in [9.17, 15) is 4.79 Å². The average Bonchev–Trinajstić information content (AvgIpc) is 3.55. The monoisotopic (exact) mass is 436 g/mol. The van der Waals surface area contributed by atoms with Crippen molar-refractivity contribution in [2.24, 2.45) is 0 Å². The molecule has 0 saturated heterocycles. The van der Waals surface area contributed by atoms with E-state index >= 15 is 0 Å². The number of imidazole rings is 1. The number of aromatic nitrogens is 3. The predicted molar refractivity (Wildman–Crippen MR) is 128 cm³/mol. The SMILES string of the molecule is O=C1C[C@@H](c2cccs2)CC2=C1[C@@H](c1c[nH]c3ccccc13)n1c(nc3ccccc31)N2. The number of carbonyl (C=O) groups is 1. The van der Waals surface area contributed by atoms with E-state index in [1.165, 1.54) is 4.88 Å². The van der Waals surface area contributed by atoms with Gasteiger partial charge in [0.2, 0.25) is 5.95 Å². The largest absolute Gasteiger partial charge is 0.361 e. The third-order valence-electron chi connectivity index (χ3n) is 6.76. The topological polar surface area (TPSA) is 62.7 Å². The van der Waals surface area contributed by atoms with Crippen molar-refractivity contribution >= 4 is 45.0 Å². The van der Waals surface area contributed by atoms with Gasteiger partial charge in [0.05, 0.1) is 17.1 Å². The summed E-state index contributed by atoms with van der Waals surface area (Å²) in [7, 11) is 0. The molecule has 5 nitrogen and oxygen atoms in total. The first-order valence-electron chi connectivity index (χ1n) is 10.9. The molecule has 0 amide bonds. The number of aromatic amines is 1. The van der Waals surface area contributed by atoms with E-state index in [-0.39, 0.29) is 17.7 Å². The number of H-pyrrole nitrogens is 1. The number of nitrogens with one attached hydrogen (secondary N) is 2. The number of fused-ring (bicyclic) bond motifs is 4. The summed E-state index contributed by atoms with van der Waals surface area (Å²) in [5.41, 5.74) is 6.04. The number of allylic oxidation sites excluding steroid dienone is 2. The summed E-state index contributed by atoms with van der Waals surface area (Å²) in [6.45, 7) is 0. The minimum atomic E-state index is -0.207. The van der Waals surface area contributed by atoms with Gasteiger partial charge in [-0.2, -0.15) is 0 Å². The lowest BCUT2D eigenvalue weighted by atomic mass is 9.79. The minimum Gasteiger partial charge on any atom is -0.361 e. The maximum atomic E-state index is 13.7. The van der Waals surface area contributed by atoms with Crippen LogP contribution in [0, 0.1) is 0 Å². The van der Waals surface area contributed by atoms with Crippen molar-refractivity contribution in [3.63, 3.8) is 0 Å². The Hall–Kier alpha value is -3.64. The summed E-state index contributed by atoms with van der Waals surface area (Å²) in [6.07, 6.45) is 3.42. The van der Waals surface area contributed by atoms with Gasteiger partial charge in [-0.15, -0.1) is 11.3 Å². The first-order valence-corrected chi connectivity index (χ1v) is 11.8. The number of hydrogen-bond acceptors (Lipinski definition) is 4. The van der Waals surface area contributed by atoms with E-state index in [1.54, 1.807) is 11.3 Å². The van der Waals surface area contributed by atoms with Crippen molar-refractivity contribution in [3.8, 4) is 0 Å². The summed E-state index contributed by atoms with van der Waals surface area (Å²) in [6, 6.07) is 20.5. The molecule has 6 heteroatoms. The first kappa shape index (κ1) is 18.0. The molecule has 1 aliphatic carbocycles. The first-order chi connectivity index (χ1) is 15.8. The molecule has 1 aliphatic heterocycles. The highest BCUT2D eigenvalue weighted by molar-refractivity contribution is 7.10. The second kappa shape index (κ2) is 6.68. The summed E-state index contributed by atoms with van der Waals surface area (Å²) >= 11 is 1.73. The lowest BCUT2D eigenvalue weighted by molar-refractivity contribution is -0.116. The summed E-state index contributed by atoms with van der Waals surface area (Å²) in [5.74, 6) is 1.24. The Morgan fingerprint density at radius 2 is 1.88 bits per heavy atom. The van der Waals surface area contributed by atoms with Crippen molar-refractivity contribution in [1.29, 1.82) is 0 Å². The van der Waals surface area contributed by atoms with Crippen LogP contribution in [0.15, 0.2) is 83.5 Å². The van der Waals surface area contributed by atoms with E-state index in [0.717, 1.165) is 51.1 Å². The molecule has 0 spiro atoms. The van der Waals surface area contributed by atoms with Gasteiger partial charge in [-0.1, -0.05) is 36.4 Å². The number of nitrogens with zero attached hydrogens (tertiary/aromatic N) is 2. The Labute approximate surface area is 188 Å². The maximum absolute atomic E-state index is 13.7. The normalized spacial score (nSPS) is 20.4. The molecule has 2 aliphatic rings. The Bertz CT molecular complexity index is 1540. The molecule has 0 unspecified atom stereocenters. The third-order valence-corrected chi connectivity index (χ3v) is 7.79. The highest BCUT2D eigenvalue weighted by atomic mass is 32.1. The van der Waals surface area contributed by atoms with Gasteiger partial charge in [-0.05, 0) is 36.1 Å². The zero-order chi connectivity index (χ0) is 21.2. The second-order valence-corrected chi connectivity index (χ2v) is 9.53. The molecule has 3 aromatic heterocycles. The van der Waals surface area contributed by atoms with E-state index in [0.29, 0.717) is 6.42 Å². The fourth-order valence-electron chi connectivity index (χ4n) is 5.36. The molecule has 0 radical (unpaired) electrons. The second-order valence-electron chi connectivity index (χ2n) is 8.55. The van der Waals surface area contributed by atoms with Crippen molar-refractivity contribution in [1.82, 2.24) is 14.5 Å². The van der Waals surface area contributed by atoms with Crippen LogP contribution in [0.5, 0.6) is 0 Å². The standard InChI is InChI=1S/C26H20N4OS/c31-22-13-15(23-10-5-11-32-23)12-20-24(22)25(17-14-27-18-7-2-1-6-16(17)18)30-21-9-4-3-8-19(21)28-26(30)29-20/h1-11,14-15,25,27H,12-13H2,(H,28,29)/t15-,25+/m0/s1. The molecule has 2 atom stereocenters. The molecule has 32 heavy (non-hydrogen) atoms. The molecular weight excluding hydrogens is 416 g/mol. The van der Waals surface area contributed by atoms with Crippen LogP contribution >= 0.6 is 11.3 Å². The fourth-order valence-corrected chi connectivity index (χ4v) is 6.19. The highest BCUT2D eigenvalue weighted by Crippen LogP contribution is 2.47. The summed E-state index contributed by atoms with van der Waals surface area (Å²) in [4.78, 5) is 23.3. The van der Waals surface area contributed by atoms with Crippen LogP contribution < -0.4 is 5.32 Å². The Morgan fingerprint density at radius 1 is 1.00 bits per heavy atom. The van der Waals surface area contributed by atoms with E-state index < -0.39 is 0 Å². The summed E-state index contributed by atoms with van der Waals surface area (Å²) < 4.78 is 2.20. The zero-order valence-electron chi connectivity index (χ0n) is 17.2. The molecule has 2 aromatic carbocycles. The van der Waals surface area contributed by atoms with Gasteiger partial charge in [0, 0.05) is 51.1 Å². The van der Waals surface area contributed by atoms with Crippen LogP contribution in [-0.4, -0.2) is 20.3 Å². The number of ketones is 1. The van der Waals surface area contributed by atoms with Gasteiger partial charge in [0.1, 0.15) is 0 Å². The van der Waals surface area contributed by atoms with Gasteiger partial charge in [0.15, 0.2) is 5.78 Å². The zero-order valence-corrected chi connectivity index (χ0v) is 18.0. The number of para-hydroxylation sites is 3. The van der Waals surface area contributed by atoms with Crippen molar-refractivity contribution < 1.29 is 4.79 Å².